The first-order chi connectivity index (χ1) is 16.9. The molecule has 178 valence electrons. The third-order valence-electron chi connectivity index (χ3n) is 6.12. The van der Waals surface area contributed by atoms with Gasteiger partial charge in [-0.25, -0.2) is 14.2 Å². The fraction of sp³-hybridized carbons (Fsp3) is 0.200. The Hall–Kier alpha value is -3.98. The van der Waals surface area contributed by atoms with Crippen LogP contribution in [-0.4, -0.2) is 51.5 Å². The van der Waals surface area contributed by atoms with Crippen LogP contribution in [0.4, 0.5) is 10.2 Å². The van der Waals surface area contributed by atoms with Crippen LogP contribution >= 0.6 is 11.6 Å². The fourth-order valence-corrected chi connectivity index (χ4v) is 4.58. The molecule has 1 aliphatic heterocycles. The monoisotopic (exact) mass is 493 g/mol. The molecule has 5 rings (SSSR count). The average Bonchev–Trinajstić information content (AvgIpc) is 2.87. The second kappa shape index (κ2) is 9.34. The fourth-order valence-electron chi connectivity index (χ4n) is 4.32. The third-order valence-corrected chi connectivity index (χ3v) is 6.43. The molecule has 1 fully saturated rings. The number of pyridine rings is 1. The van der Waals surface area contributed by atoms with Gasteiger partial charge in [-0.2, -0.15) is 0 Å². The molecular formula is C25H21ClFN5O3. The molecule has 1 saturated heterocycles. The van der Waals surface area contributed by atoms with Crippen LogP contribution in [-0.2, 0) is 6.54 Å². The number of halogens is 2. The summed E-state index contributed by atoms with van der Waals surface area (Å²) in [6, 6.07) is 14.7. The second-order valence-electron chi connectivity index (χ2n) is 8.26. The molecule has 3 heterocycles. The van der Waals surface area contributed by atoms with Gasteiger partial charge in [0.1, 0.15) is 11.6 Å². The Morgan fingerprint density at radius 3 is 2.57 bits per heavy atom. The minimum absolute atomic E-state index is 0.0282. The molecule has 0 aliphatic carbocycles. The highest BCUT2D eigenvalue weighted by molar-refractivity contribution is 6.35. The number of rotatable bonds is 4. The van der Waals surface area contributed by atoms with Crippen molar-refractivity contribution in [3.8, 4) is 0 Å². The van der Waals surface area contributed by atoms with E-state index in [0.29, 0.717) is 37.3 Å². The molecule has 0 atom stereocenters. The van der Waals surface area contributed by atoms with E-state index in [1.807, 2.05) is 18.2 Å². The smallest absolute Gasteiger partial charge is 0.329 e. The van der Waals surface area contributed by atoms with E-state index < -0.39 is 23.0 Å². The molecule has 0 radical (unpaired) electrons. The van der Waals surface area contributed by atoms with Gasteiger partial charge >= 0.3 is 5.69 Å². The molecule has 0 spiro atoms. The number of piperazine rings is 1. The average molecular weight is 494 g/mol. The van der Waals surface area contributed by atoms with Crippen molar-refractivity contribution in [1.29, 1.82) is 0 Å². The van der Waals surface area contributed by atoms with E-state index in [4.69, 9.17) is 11.6 Å². The number of aromatic amines is 1. The van der Waals surface area contributed by atoms with E-state index in [1.165, 1.54) is 22.8 Å². The third kappa shape index (κ3) is 4.42. The highest BCUT2D eigenvalue weighted by Crippen LogP contribution is 2.21. The van der Waals surface area contributed by atoms with E-state index >= 15 is 0 Å². The summed E-state index contributed by atoms with van der Waals surface area (Å²) in [6.45, 7) is 2.07. The van der Waals surface area contributed by atoms with Gasteiger partial charge in [0, 0.05) is 32.4 Å². The molecule has 8 nitrogen and oxygen atoms in total. The number of nitrogens with zero attached hydrogens (tertiary/aromatic N) is 4. The molecule has 0 saturated carbocycles. The SMILES string of the molecule is O=C(c1cc(Cn2c(=O)[nH]c(=O)c3c(Cl)cccc32)ccc1F)N1CCN(c2ccccn2)CC1. The lowest BCUT2D eigenvalue weighted by atomic mass is 10.1. The minimum atomic E-state index is -0.632. The summed E-state index contributed by atoms with van der Waals surface area (Å²) in [6.07, 6.45) is 1.72. The van der Waals surface area contributed by atoms with Gasteiger partial charge in [-0.15, -0.1) is 0 Å². The number of hydrogen-bond acceptors (Lipinski definition) is 5. The van der Waals surface area contributed by atoms with E-state index in [-0.39, 0.29) is 22.5 Å². The zero-order valence-electron chi connectivity index (χ0n) is 18.6. The van der Waals surface area contributed by atoms with E-state index in [1.54, 1.807) is 29.3 Å². The van der Waals surface area contributed by atoms with Crippen LogP contribution in [0.5, 0.6) is 0 Å². The van der Waals surface area contributed by atoms with Crippen LogP contribution in [0.1, 0.15) is 15.9 Å². The standard InChI is InChI=1S/C25H21ClFN5O3/c26-18-4-3-5-20-22(18)23(33)29-25(35)32(20)15-16-7-8-19(27)17(14-16)24(34)31-12-10-30(11-13-31)21-6-1-2-9-28-21/h1-9,14H,10-13,15H2,(H,29,33,35). The summed E-state index contributed by atoms with van der Waals surface area (Å²) < 4.78 is 16.0. The highest BCUT2D eigenvalue weighted by Gasteiger charge is 2.25. The van der Waals surface area contributed by atoms with E-state index in [9.17, 15) is 18.8 Å². The molecule has 35 heavy (non-hydrogen) atoms. The maximum Gasteiger partial charge on any atom is 0.329 e. The Kier molecular flexibility index (Phi) is 6.08. The molecule has 4 aromatic rings. The van der Waals surface area contributed by atoms with Gasteiger partial charge < -0.3 is 9.80 Å². The number of carbonyl (C=O) groups is 1. The van der Waals surface area contributed by atoms with Crippen molar-refractivity contribution in [3.63, 3.8) is 0 Å². The Labute approximate surface area is 204 Å². The van der Waals surface area contributed by atoms with Crippen molar-refractivity contribution < 1.29 is 9.18 Å². The van der Waals surface area contributed by atoms with Gasteiger partial charge in [-0.1, -0.05) is 29.8 Å². The van der Waals surface area contributed by atoms with Crippen LogP contribution in [0.25, 0.3) is 10.9 Å². The number of hydrogen-bond donors (Lipinski definition) is 1. The molecule has 1 aliphatic rings. The minimum Gasteiger partial charge on any atom is -0.353 e. The first kappa shape index (κ1) is 22.8. The molecule has 10 heteroatoms. The number of aromatic nitrogens is 3. The highest BCUT2D eigenvalue weighted by atomic mass is 35.5. The van der Waals surface area contributed by atoms with Crippen molar-refractivity contribution >= 4 is 34.2 Å². The van der Waals surface area contributed by atoms with Gasteiger partial charge in [-0.05, 0) is 42.0 Å². The molecule has 2 aromatic heterocycles. The lowest BCUT2D eigenvalue weighted by Gasteiger charge is -2.35. The first-order valence-corrected chi connectivity index (χ1v) is 11.4. The van der Waals surface area contributed by atoms with E-state index in [2.05, 4.69) is 14.9 Å². The summed E-state index contributed by atoms with van der Waals surface area (Å²) >= 11 is 6.17. The number of H-pyrrole nitrogens is 1. The topological polar surface area (TPSA) is 91.3 Å². The predicted molar refractivity (Wildman–Crippen MR) is 132 cm³/mol. The van der Waals surface area contributed by atoms with Crippen LogP contribution in [0.2, 0.25) is 5.02 Å². The zero-order chi connectivity index (χ0) is 24.5. The first-order valence-electron chi connectivity index (χ1n) is 11.1. The van der Waals surface area contributed by atoms with Gasteiger partial charge in [-0.3, -0.25) is 19.1 Å². The lowest BCUT2D eigenvalue weighted by molar-refractivity contribution is 0.0741. The van der Waals surface area contributed by atoms with Crippen molar-refractivity contribution in [1.82, 2.24) is 19.4 Å². The van der Waals surface area contributed by atoms with Crippen LogP contribution in [0.3, 0.4) is 0 Å². The normalized spacial score (nSPS) is 13.9. The molecule has 1 amide bonds. The second-order valence-corrected chi connectivity index (χ2v) is 8.67. The van der Waals surface area contributed by atoms with Crippen molar-refractivity contribution in [3.05, 3.63) is 104 Å². The molecule has 2 aromatic carbocycles. The van der Waals surface area contributed by atoms with Crippen LogP contribution in [0.15, 0.2) is 70.4 Å². The largest absolute Gasteiger partial charge is 0.353 e. The maximum absolute atomic E-state index is 14.7. The molecular weight excluding hydrogens is 473 g/mol. The number of benzene rings is 2. The molecule has 0 unspecified atom stereocenters. The Balaban J connectivity index is 1.40. The summed E-state index contributed by atoms with van der Waals surface area (Å²) in [4.78, 5) is 48.3. The van der Waals surface area contributed by atoms with E-state index in [0.717, 1.165) is 5.82 Å². The number of carbonyl (C=O) groups excluding carboxylic acids is 1. The Bertz CT molecular complexity index is 1530. The predicted octanol–water partition coefficient (Wildman–Crippen LogP) is 2.89. The quantitative estimate of drug-likeness (QED) is 0.472. The van der Waals surface area contributed by atoms with Gasteiger partial charge in [0.05, 0.1) is 28.0 Å². The number of nitrogens with one attached hydrogen (secondary N) is 1. The van der Waals surface area contributed by atoms with Crippen molar-refractivity contribution in [2.24, 2.45) is 0 Å². The summed E-state index contributed by atoms with van der Waals surface area (Å²) in [5, 5.41) is 0.412. The lowest BCUT2D eigenvalue weighted by Crippen LogP contribution is -2.49. The summed E-state index contributed by atoms with van der Waals surface area (Å²) in [5.41, 5.74) is -0.362. The summed E-state index contributed by atoms with van der Waals surface area (Å²) in [7, 11) is 0. The Morgan fingerprint density at radius 2 is 1.83 bits per heavy atom. The van der Waals surface area contributed by atoms with Crippen LogP contribution < -0.4 is 16.1 Å². The maximum atomic E-state index is 14.7. The number of anilines is 1. The number of amides is 1. The summed E-state index contributed by atoms with van der Waals surface area (Å²) in [5.74, 6) is -0.203. The number of fused-ring (bicyclic) bond motifs is 1. The van der Waals surface area contributed by atoms with Gasteiger partial charge in [0.25, 0.3) is 11.5 Å². The van der Waals surface area contributed by atoms with Gasteiger partial charge in [0.2, 0.25) is 0 Å². The molecule has 1 N–H and O–H groups in total. The van der Waals surface area contributed by atoms with Gasteiger partial charge in [0.15, 0.2) is 0 Å². The van der Waals surface area contributed by atoms with Crippen LogP contribution in [0, 0.1) is 5.82 Å². The van der Waals surface area contributed by atoms with Crippen molar-refractivity contribution in [2.75, 3.05) is 31.1 Å². The molecule has 0 bridgehead atoms. The van der Waals surface area contributed by atoms with Crippen molar-refractivity contribution in [2.45, 2.75) is 6.54 Å². The Morgan fingerprint density at radius 1 is 1.03 bits per heavy atom. The zero-order valence-corrected chi connectivity index (χ0v) is 19.3.